The van der Waals surface area contributed by atoms with E-state index < -0.39 is 0 Å². The van der Waals surface area contributed by atoms with Crippen LogP contribution in [-0.2, 0) is 16.1 Å². The molecule has 1 saturated heterocycles. The Balaban J connectivity index is 1.61. The van der Waals surface area contributed by atoms with E-state index >= 15 is 0 Å². The van der Waals surface area contributed by atoms with Crippen molar-refractivity contribution >= 4 is 23.2 Å². The molecular formula is C20H23FN2O3S. The van der Waals surface area contributed by atoms with Crippen molar-refractivity contribution < 1.29 is 18.7 Å². The molecule has 1 atom stereocenters. The van der Waals surface area contributed by atoms with E-state index in [0.29, 0.717) is 17.0 Å². The number of nitrogens with one attached hydrogen (secondary N) is 1. The van der Waals surface area contributed by atoms with Crippen LogP contribution in [0.25, 0.3) is 0 Å². The summed E-state index contributed by atoms with van der Waals surface area (Å²) in [7, 11) is 0. The van der Waals surface area contributed by atoms with Crippen LogP contribution < -0.4 is 5.32 Å². The zero-order chi connectivity index (χ0) is 19.2. The highest BCUT2D eigenvalue weighted by molar-refractivity contribution is 7.14. The van der Waals surface area contributed by atoms with Crippen LogP contribution in [0.2, 0.25) is 0 Å². The summed E-state index contributed by atoms with van der Waals surface area (Å²) in [6.07, 6.45) is 1.84. The lowest BCUT2D eigenvalue weighted by Gasteiger charge is -2.23. The smallest absolute Gasteiger partial charge is 0.261 e. The SMILES string of the molecule is CCOCC(=O)N1CCC[C@H]1c1ccc(C(=O)NCc2cccc(F)c2)s1. The fourth-order valence-electron chi connectivity index (χ4n) is 3.20. The van der Waals surface area contributed by atoms with Crippen molar-refractivity contribution in [3.05, 3.63) is 57.5 Å². The third-order valence-corrected chi connectivity index (χ3v) is 5.71. The molecule has 0 saturated carbocycles. The van der Waals surface area contributed by atoms with Gasteiger partial charge in [-0.15, -0.1) is 11.3 Å². The molecule has 5 nitrogen and oxygen atoms in total. The number of ether oxygens (including phenoxy) is 1. The van der Waals surface area contributed by atoms with Crippen LogP contribution in [0.3, 0.4) is 0 Å². The summed E-state index contributed by atoms with van der Waals surface area (Å²) < 4.78 is 18.5. The number of likely N-dealkylation sites (tertiary alicyclic amines) is 1. The number of carbonyl (C=O) groups excluding carboxylic acids is 2. The number of thiophene rings is 1. The van der Waals surface area contributed by atoms with E-state index in [1.54, 1.807) is 18.2 Å². The van der Waals surface area contributed by atoms with Gasteiger partial charge in [-0.2, -0.15) is 0 Å². The van der Waals surface area contributed by atoms with Gasteiger partial charge in [0.1, 0.15) is 12.4 Å². The highest BCUT2D eigenvalue weighted by atomic mass is 32.1. The van der Waals surface area contributed by atoms with E-state index in [1.807, 2.05) is 17.9 Å². The van der Waals surface area contributed by atoms with Gasteiger partial charge in [0.2, 0.25) is 5.91 Å². The van der Waals surface area contributed by atoms with E-state index in [2.05, 4.69) is 5.32 Å². The number of carbonyl (C=O) groups is 2. The predicted molar refractivity (Wildman–Crippen MR) is 102 cm³/mol. The van der Waals surface area contributed by atoms with E-state index in [4.69, 9.17) is 4.74 Å². The maximum Gasteiger partial charge on any atom is 0.261 e. The fourth-order valence-corrected chi connectivity index (χ4v) is 4.28. The molecule has 2 heterocycles. The highest BCUT2D eigenvalue weighted by Gasteiger charge is 2.31. The van der Waals surface area contributed by atoms with Crippen molar-refractivity contribution in [2.75, 3.05) is 19.8 Å². The van der Waals surface area contributed by atoms with Crippen molar-refractivity contribution in [1.82, 2.24) is 10.2 Å². The van der Waals surface area contributed by atoms with E-state index in [1.165, 1.54) is 23.5 Å². The van der Waals surface area contributed by atoms with Crippen LogP contribution >= 0.6 is 11.3 Å². The number of hydrogen-bond donors (Lipinski definition) is 1. The van der Waals surface area contributed by atoms with Crippen molar-refractivity contribution in [2.24, 2.45) is 0 Å². The van der Waals surface area contributed by atoms with Crippen LogP contribution in [0, 0.1) is 5.82 Å². The first-order valence-electron chi connectivity index (χ1n) is 9.08. The summed E-state index contributed by atoms with van der Waals surface area (Å²) in [6.45, 7) is 3.46. The average molecular weight is 390 g/mol. The Labute approximate surface area is 162 Å². The first-order chi connectivity index (χ1) is 13.1. The maximum absolute atomic E-state index is 13.2. The summed E-state index contributed by atoms with van der Waals surface area (Å²) >= 11 is 1.40. The normalized spacial score (nSPS) is 16.5. The van der Waals surface area contributed by atoms with Crippen LogP contribution in [0.4, 0.5) is 4.39 Å². The van der Waals surface area contributed by atoms with Gasteiger partial charge in [0, 0.05) is 24.6 Å². The molecule has 1 aromatic heterocycles. The first kappa shape index (κ1) is 19.5. The zero-order valence-corrected chi connectivity index (χ0v) is 16.1. The minimum atomic E-state index is -0.321. The Kier molecular flexibility index (Phi) is 6.58. The van der Waals surface area contributed by atoms with Gasteiger partial charge >= 0.3 is 0 Å². The second-order valence-electron chi connectivity index (χ2n) is 6.40. The minimum absolute atomic E-state index is 0.00715. The van der Waals surface area contributed by atoms with Crippen molar-refractivity contribution in [3.8, 4) is 0 Å². The van der Waals surface area contributed by atoms with Crippen molar-refractivity contribution in [1.29, 1.82) is 0 Å². The Morgan fingerprint density at radius 1 is 1.33 bits per heavy atom. The third-order valence-electron chi connectivity index (χ3n) is 4.52. The largest absolute Gasteiger partial charge is 0.372 e. The standard InChI is InChI=1S/C20H23FN2O3S/c1-2-26-13-19(24)23-10-4-7-16(23)17-8-9-18(27-17)20(25)22-12-14-5-3-6-15(21)11-14/h3,5-6,8-9,11,16H,2,4,7,10,12-13H2,1H3,(H,22,25)/t16-/m0/s1. The lowest BCUT2D eigenvalue weighted by Crippen LogP contribution is -2.33. The van der Waals surface area contributed by atoms with E-state index in [-0.39, 0.29) is 36.8 Å². The molecular weight excluding hydrogens is 367 g/mol. The maximum atomic E-state index is 13.2. The van der Waals surface area contributed by atoms with Crippen LogP contribution in [0.5, 0.6) is 0 Å². The molecule has 1 aliphatic heterocycles. The molecule has 144 valence electrons. The molecule has 0 unspecified atom stereocenters. The van der Waals surface area contributed by atoms with Gasteiger partial charge in [0.05, 0.1) is 10.9 Å². The number of halogens is 1. The number of rotatable bonds is 7. The molecule has 2 aromatic rings. The third kappa shape index (κ3) is 4.93. The summed E-state index contributed by atoms with van der Waals surface area (Å²) in [4.78, 5) is 28.1. The quantitative estimate of drug-likeness (QED) is 0.787. The van der Waals surface area contributed by atoms with Gasteiger partial charge in [-0.3, -0.25) is 9.59 Å². The number of nitrogens with zero attached hydrogens (tertiary/aromatic N) is 1. The van der Waals surface area contributed by atoms with Gasteiger partial charge in [-0.05, 0) is 49.6 Å². The highest BCUT2D eigenvalue weighted by Crippen LogP contribution is 2.36. The lowest BCUT2D eigenvalue weighted by atomic mass is 10.2. The first-order valence-corrected chi connectivity index (χ1v) is 9.89. The molecule has 1 fully saturated rings. The van der Waals surface area contributed by atoms with Gasteiger partial charge < -0.3 is 15.0 Å². The molecule has 7 heteroatoms. The zero-order valence-electron chi connectivity index (χ0n) is 15.2. The lowest BCUT2D eigenvalue weighted by molar-refractivity contribution is -0.136. The van der Waals surface area contributed by atoms with Gasteiger partial charge in [0.15, 0.2) is 0 Å². The summed E-state index contributed by atoms with van der Waals surface area (Å²) in [5, 5.41) is 2.81. The van der Waals surface area contributed by atoms with Crippen LogP contribution in [-0.4, -0.2) is 36.5 Å². The molecule has 1 aliphatic rings. The molecule has 0 bridgehead atoms. The Bertz CT molecular complexity index is 808. The minimum Gasteiger partial charge on any atom is -0.372 e. The molecule has 3 rings (SSSR count). The van der Waals surface area contributed by atoms with Gasteiger partial charge in [-0.25, -0.2) is 4.39 Å². The molecule has 27 heavy (non-hydrogen) atoms. The molecule has 2 amide bonds. The monoisotopic (exact) mass is 390 g/mol. The van der Waals surface area contributed by atoms with E-state index in [0.717, 1.165) is 24.3 Å². The van der Waals surface area contributed by atoms with Gasteiger partial charge in [-0.1, -0.05) is 12.1 Å². The summed E-state index contributed by atoms with van der Waals surface area (Å²) in [5.41, 5.74) is 0.712. The summed E-state index contributed by atoms with van der Waals surface area (Å²) in [5.74, 6) is -0.524. The molecule has 0 spiro atoms. The summed E-state index contributed by atoms with van der Waals surface area (Å²) in [6, 6.07) is 9.87. The van der Waals surface area contributed by atoms with Crippen LogP contribution in [0.1, 0.15) is 45.9 Å². The number of hydrogen-bond acceptors (Lipinski definition) is 4. The Morgan fingerprint density at radius 2 is 2.19 bits per heavy atom. The van der Waals surface area contributed by atoms with Crippen LogP contribution in [0.15, 0.2) is 36.4 Å². The van der Waals surface area contributed by atoms with E-state index in [9.17, 15) is 14.0 Å². The topological polar surface area (TPSA) is 58.6 Å². The second kappa shape index (κ2) is 9.10. The van der Waals surface area contributed by atoms with Crippen molar-refractivity contribution in [2.45, 2.75) is 32.4 Å². The van der Waals surface area contributed by atoms with Crippen molar-refractivity contribution in [3.63, 3.8) is 0 Å². The Morgan fingerprint density at radius 3 is 2.96 bits per heavy atom. The molecule has 1 aromatic carbocycles. The Hall–Kier alpha value is -2.25. The predicted octanol–water partition coefficient (Wildman–Crippen LogP) is 3.52. The number of benzene rings is 1. The van der Waals surface area contributed by atoms with Gasteiger partial charge in [0.25, 0.3) is 5.91 Å². The fraction of sp³-hybridized carbons (Fsp3) is 0.400. The molecule has 0 radical (unpaired) electrons. The molecule has 1 N–H and O–H groups in total. The average Bonchev–Trinajstić information content (AvgIpc) is 3.33. The molecule has 0 aliphatic carbocycles. The second-order valence-corrected chi connectivity index (χ2v) is 7.51. The number of amides is 2.